The van der Waals surface area contributed by atoms with Crippen molar-refractivity contribution >= 4 is 11.8 Å². The van der Waals surface area contributed by atoms with Crippen LogP contribution < -0.4 is 0 Å². The van der Waals surface area contributed by atoms with E-state index >= 15 is 0 Å². The van der Waals surface area contributed by atoms with E-state index in [9.17, 15) is 35.1 Å². The first-order valence-corrected chi connectivity index (χ1v) is 25.1. The first-order chi connectivity index (χ1) is 29.9. The van der Waals surface area contributed by atoms with Gasteiger partial charge in [-0.05, 0) is 154 Å². The van der Waals surface area contributed by atoms with E-state index in [4.69, 9.17) is 4.74 Å². The molecule has 9 nitrogen and oxygen atoms in total. The van der Waals surface area contributed by atoms with Crippen LogP contribution in [0.15, 0.2) is 41.8 Å². The van der Waals surface area contributed by atoms with E-state index in [1.165, 1.54) is 6.42 Å². The number of aromatic amines is 1. The van der Waals surface area contributed by atoms with E-state index in [-0.39, 0.29) is 60.1 Å². The summed E-state index contributed by atoms with van der Waals surface area (Å²) in [5.41, 5.74) is -2.25. The number of esters is 1. The molecule has 9 heteroatoms. The van der Waals surface area contributed by atoms with E-state index in [1.807, 2.05) is 18.5 Å². The highest BCUT2D eigenvalue weighted by atomic mass is 16.5. The molecule has 0 amide bonds. The van der Waals surface area contributed by atoms with Crippen molar-refractivity contribution in [1.29, 1.82) is 0 Å². The van der Waals surface area contributed by atoms with Crippen molar-refractivity contribution in [3.63, 3.8) is 0 Å². The van der Waals surface area contributed by atoms with E-state index in [2.05, 4.69) is 57.5 Å². The highest BCUT2D eigenvalue weighted by molar-refractivity contribution is 5.98. The zero-order valence-electron chi connectivity index (χ0n) is 39.0. The van der Waals surface area contributed by atoms with Gasteiger partial charge in [-0.15, -0.1) is 5.92 Å². The summed E-state index contributed by atoms with van der Waals surface area (Å²) < 4.78 is 5.89. The van der Waals surface area contributed by atoms with Crippen LogP contribution in [0.2, 0.25) is 0 Å². The average Bonchev–Trinajstić information content (AvgIpc) is 3.95. The third-order valence-corrected chi connectivity index (χ3v) is 20.1. The predicted octanol–water partition coefficient (Wildman–Crippen LogP) is 8.20. The number of hydrogen-bond donors (Lipinski definition) is 6. The summed E-state index contributed by atoms with van der Waals surface area (Å²) in [7, 11) is 0. The van der Waals surface area contributed by atoms with Crippen molar-refractivity contribution in [2.45, 2.75) is 180 Å². The van der Waals surface area contributed by atoms with Crippen molar-refractivity contribution in [1.82, 2.24) is 4.98 Å². The lowest BCUT2D eigenvalue weighted by atomic mass is 9.40. The molecule has 0 bridgehead atoms. The zero-order valence-corrected chi connectivity index (χ0v) is 39.0. The van der Waals surface area contributed by atoms with Crippen molar-refractivity contribution in [2.75, 3.05) is 6.61 Å². The van der Waals surface area contributed by atoms with Gasteiger partial charge in [0.15, 0.2) is 5.78 Å². The number of unbranched alkanes of at least 4 members (excludes halogenated alkanes) is 2. The summed E-state index contributed by atoms with van der Waals surface area (Å²) in [5.74, 6) is 7.20. The fraction of sp³-hybridized carbons (Fsp3) is 0.778. The van der Waals surface area contributed by atoms with Gasteiger partial charge in [0.25, 0.3) is 0 Å². The van der Waals surface area contributed by atoms with Crippen LogP contribution in [0.3, 0.4) is 0 Å². The van der Waals surface area contributed by atoms with Gasteiger partial charge in [0.1, 0.15) is 0 Å². The lowest BCUT2D eigenvalue weighted by Crippen LogP contribution is -2.66. The molecule has 1 aliphatic heterocycles. The Morgan fingerprint density at radius 3 is 2.44 bits per heavy atom. The molecule has 63 heavy (non-hydrogen) atoms. The Morgan fingerprint density at radius 2 is 1.70 bits per heavy atom. The molecule has 1 saturated heterocycles. The minimum Gasteiger partial charge on any atom is -0.465 e. The Hall–Kier alpha value is -2.74. The zero-order chi connectivity index (χ0) is 44.9. The molecule has 2 heterocycles. The standard InChI is InChI=1S/C54H77NO8/c1-7-8-9-19-53-28-44(57)43(56)27-51(53,5)41-17-20-50(4)48-35(26-54(50,62)42(41)25-46(53)59)12-10-11-34(40-30-63-49(60)47(40)36-18-21-55-29-36)24-39-37(32(3)23-45(58)52(48,6)61)16-15-33-14-13-31(2)22-38(33)39/h15,18,21,25,29,31-32,34-35,37-41,43-45,47-48,55-58,61-62H,7-9,12-14,16-17,19-20,22-24,26-28,30H2,1-6H3. The molecule has 1 aromatic rings. The van der Waals surface area contributed by atoms with Crippen LogP contribution in [0.25, 0.3) is 0 Å². The van der Waals surface area contributed by atoms with Crippen LogP contribution >= 0.6 is 0 Å². The number of nitrogens with one attached hydrogen (secondary N) is 1. The van der Waals surface area contributed by atoms with Gasteiger partial charge in [0, 0.05) is 47.4 Å². The highest BCUT2D eigenvalue weighted by Crippen LogP contribution is 2.73. The third-order valence-electron chi connectivity index (χ3n) is 20.1. The van der Waals surface area contributed by atoms with Crippen LogP contribution in [0.1, 0.15) is 156 Å². The number of H-pyrrole nitrogens is 1. The van der Waals surface area contributed by atoms with E-state index < -0.39 is 57.6 Å². The molecule has 5 fully saturated rings. The Labute approximate surface area is 376 Å². The molecular weight excluding hydrogens is 791 g/mol. The van der Waals surface area contributed by atoms with E-state index in [0.29, 0.717) is 68.5 Å². The molecule has 0 radical (unpaired) electrons. The lowest BCUT2D eigenvalue weighted by molar-refractivity contribution is -0.194. The Bertz CT molecular complexity index is 2030. The molecule has 4 saturated carbocycles. The van der Waals surface area contributed by atoms with Gasteiger partial charge in [-0.25, -0.2) is 0 Å². The smallest absolute Gasteiger partial charge is 0.313 e. The Balaban J connectivity index is 1.13. The first-order valence-electron chi connectivity index (χ1n) is 25.1. The van der Waals surface area contributed by atoms with Gasteiger partial charge in [-0.3, -0.25) is 9.59 Å². The van der Waals surface area contributed by atoms with E-state index in [1.54, 1.807) is 18.6 Å². The molecule has 346 valence electrons. The van der Waals surface area contributed by atoms with Crippen molar-refractivity contribution in [3.05, 3.63) is 47.3 Å². The fourth-order valence-corrected chi connectivity index (χ4v) is 16.7. The second-order valence-electron chi connectivity index (χ2n) is 23.3. The quantitative estimate of drug-likeness (QED) is 0.0723. The molecule has 19 unspecified atom stereocenters. The summed E-state index contributed by atoms with van der Waals surface area (Å²) in [4.78, 5) is 31.6. The van der Waals surface area contributed by atoms with Gasteiger partial charge < -0.3 is 35.3 Å². The van der Waals surface area contributed by atoms with Gasteiger partial charge in [0.05, 0.1) is 42.0 Å². The monoisotopic (exact) mass is 868 g/mol. The molecule has 0 aromatic carbocycles. The summed E-state index contributed by atoms with van der Waals surface area (Å²) in [6.07, 6.45) is 16.5. The van der Waals surface area contributed by atoms with Gasteiger partial charge in [-0.2, -0.15) is 0 Å². The molecule has 0 spiro atoms. The molecule has 8 aliphatic rings. The van der Waals surface area contributed by atoms with Crippen LogP contribution in [0.5, 0.6) is 0 Å². The van der Waals surface area contributed by atoms with Crippen LogP contribution in [0.4, 0.5) is 0 Å². The number of carbonyl (C=O) groups excluding carboxylic acids is 2. The summed E-state index contributed by atoms with van der Waals surface area (Å²) >= 11 is 0. The Kier molecular flexibility index (Phi) is 11.9. The number of aliphatic hydroxyl groups excluding tert-OH is 3. The number of carbonyl (C=O) groups is 2. The number of ether oxygens (including phenoxy) is 1. The number of aliphatic hydroxyl groups is 5. The van der Waals surface area contributed by atoms with Crippen molar-refractivity contribution in [2.24, 2.45) is 75.4 Å². The van der Waals surface area contributed by atoms with E-state index in [0.717, 1.165) is 50.5 Å². The number of fused-ring (bicyclic) bond motifs is 10. The van der Waals surface area contributed by atoms with Gasteiger partial charge in [0.2, 0.25) is 0 Å². The second-order valence-corrected chi connectivity index (χ2v) is 23.3. The maximum atomic E-state index is 14.9. The predicted molar refractivity (Wildman–Crippen MR) is 241 cm³/mol. The maximum Gasteiger partial charge on any atom is 0.313 e. The Morgan fingerprint density at radius 1 is 0.921 bits per heavy atom. The second kappa shape index (κ2) is 16.5. The highest BCUT2D eigenvalue weighted by Gasteiger charge is 2.73. The summed E-state index contributed by atoms with van der Waals surface area (Å²) in [6, 6.07) is 1.98. The van der Waals surface area contributed by atoms with Crippen LogP contribution in [-0.2, 0) is 14.3 Å². The fourth-order valence-electron chi connectivity index (χ4n) is 16.7. The van der Waals surface area contributed by atoms with Gasteiger partial charge in [-0.1, -0.05) is 71.5 Å². The molecule has 19 atom stereocenters. The molecular formula is C54H77NO8. The van der Waals surface area contributed by atoms with Gasteiger partial charge >= 0.3 is 5.97 Å². The van der Waals surface area contributed by atoms with Crippen LogP contribution in [-0.4, -0.2) is 78.4 Å². The summed E-state index contributed by atoms with van der Waals surface area (Å²) in [5, 5.41) is 61.7. The number of cyclic esters (lactones) is 1. The minimum atomic E-state index is -1.58. The third kappa shape index (κ3) is 7.03. The van der Waals surface area contributed by atoms with Crippen molar-refractivity contribution < 1.29 is 39.9 Å². The lowest BCUT2D eigenvalue weighted by Gasteiger charge is -2.64. The largest absolute Gasteiger partial charge is 0.465 e. The maximum absolute atomic E-state index is 14.9. The van der Waals surface area contributed by atoms with Crippen molar-refractivity contribution in [3.8, 4) is 11.8 Å². The molecule has 1 aromatic heterocycles. The molecule has 7 aliphatic carbocycles. The first kappa shape index (κ1) is 45.4. The number of rotatable bonds is 6. The number of ketones is 1. The number of allylic oxidation sites excluding steroid dienone is 3. The minimum absolute atomic E-state index is 0.0571. The van der Waals surface area contributed by atoms with Crippen LogP contribution in [0, 0.1) is 87.3 Å². The number of aromatic nitrogens is 1. The molecule has 6 N–H and O–H groups in total. The normalized spacial score (nSPS) is 49.6. The average molecular weight is 868 g/mol. The SMILES string of the molecule is CCCCCC12CC(O)C(O)CC1(C)C1CCC3(C)C4C(CC#CC(C5COC(=O)C5c5cc[nH]c5)CC5C6CC(C)CCC6=CCC5C(C)CC(O)C4(C)O)CC3(O)C1=CC2=O. The molecule has 9 rings (SSSR count). The number of hydrogen-bond acceptors (Lipinski definition) is 8. The topological polar surface area (TPSA) is 160 Å². The summed E-state index contributed by atoms with van der Waals surface area (Å²) in [6.45, 7) is 13.1.